The van der Waals surface area contributed by atoms with Gasteiger partial charge in [0.05, 0.1) is 11.4 Å². The Morgan fingerprint density at radius 1 is 0.592 bits per heavy atom. The third kappa shape index (κ3) is 10.2. The van der Waals surface area contributed by atoms with Gasteiger partial charge in [0.25, 0.3) is 0 Å². The number of thiazole rings is 2. The summed E-state index contributed by atoms with van der Waals surface area (Å²) in [5.41, 5.74) is 3.29. The third-order valence-corrected chi connectivity index (χ3v) is 10.4. The van der Waals surface area contributed by atoms with Crippen molar-refractivity contribution in [2.24, 2.45) is 0 Å². The first-order valence-electron chi connectivity index (χ1n) is 15.0. The van der Waals surface area contributed by atoms with Gasteiger partial charge < -0.3 is 15.4 Å². The summed E-state index contributed by atoms with van der Waals surface area (Å²) >= 11 is 5.71. The van der Waals surface area contributed by atoms with Crippen LogP contribution in [0, 0.1) is 11.6 Å². The zero-order valence-corrected chi connectivity index (χ0v) is 29.0. The van der Waals surface area contributed by atoms with E-state index in [4.69, 9.17) is 4.74 Å². The van der Waals surface area contributed by atoms with Crippen LogP contribution in [0.3, 0.4) is 0 Å². The summed E-state index contributed by atoms with van der Waals surface area (Å²) in [5, 5.41) is 10.5. The molecule has 0 spiro atoms. The molecular formula is C36H28F2N4O3S4. The Bertz CT molecular complexity index is 1860. The SMILES string of the molecule is O=C(CCSc1ccc(F)cc1)Nc1nc(-c2ccc(Oc3ccc(-c4csc(NC(=O)CCSc5ccc(F)cc5)n4)cc3)cc2)cs1. The van der Waals surface area contributed by atoms with Crippen LogP contribution in [-0.4, -0.2) is 33.3 Å². The molecule has 0 saturated carbocycles. The first-order chi connectivity index (χ1) is 23.9. The van der Waals surface area contributed by atoms with Gasteiger partial charge in [0.1, 0.15) is 23.1 Å². The Kier molecular flexibility index (Phi) is 11.7. The fraction of sp³-hybridized carbons (Fsp3) is 0.111. The number of rotatable bonds is 14. The van der Waals surface area contributed by atoms with E-state index in [9.17, 15) is 18.4 Å². The molecule has 6 aromatic rings. The van der Waals surface area contributed by atoms with Gasteiger partial charge in [-0.15, -0.1) is 46.2 Å². The highest BCUT2D eigenvalue weighted by Gasteiger charge is 2.11. The van der Waals surface area contributed by atoms with Crippen LogP contribution < -0.4 is 15.4 Å². The summed E-state index contributed by atoms with van der Waals surface area (Å²) in [6, 6.07) is 27.5. The highest BCUT2D eigenvalue weighted by atomic mass is 32.2. The van der Waals surface area contributed by atoms with Crippen LogP contribution in [-0.2, 0) is 9.59 Å². The number of hydrogen-bond donors (Lipinski definition) is 2. The molecule has 0 radical (unpaired) electrons. The molecular weight excluding hydrogens is 703 g/mol. The second-order valence-electron chi connectivity index (χ2n) is 10.4. The first kappa shape index (κ1) is 34.3. The Hall–Kier alpha value is -4.56. The summed E-state index contributed by atoms with van der Waals surface area (Å²) < 4.78 is 32.1. The standard InChI is InChI=1S/C36H28F2N4O3S4/c37-25-5-13-29(14-6-25)46-19-17-33(43)41-35-39-31(21-48-35)23-1-9-27(10-2-23)45-28-11-3-24(4-12-28)32-22-49-36(40-32)42-34(44)18-20-47-30-15-7-26(38)8-16-30/h1-16,21-22H,17-20H2,(H,39,41,43)(H,40,42,44). The third-order valence-electron chi connectivity index (χ3n) is 6.86. The molecule has 0 unspecified atom stereocenters. The number of nitrogens with zero attached hydrogens (tertiary/aromatic N) is 2. The molecule has 49 heavy (non-hydrogen) atoms. The molecule has 248 valence electrons. The molecule has 2 N–H and O–H groups in total. The predicted octanol–water partition coefficient (Wildman–Crippen LogP) is 10.2. The van der Waals surface area contributed by atoms with Crippen molar-refractivity contribution < 1.29 is 23.1 Å². The van der Waals surface area contributed by atoms with Gasteiger partial charge in [-0.2, -0.15) is 0 Å². The lowest BCUT2D eigenvalue weighted by molar-refractivity contribution is -0.116. The summed E-state index contributed by atoms with van der Waals surface area (Å²) in [5.74, 6) is 1.66. The predicted molar refractivity (Wildman–Crippen MR) is 196 cm³/mol. The highest BCUT2D eigenvalue weighted by molar-refractivity contribution is 7.99. The van der Waals surface area contributed by atoms with Crippen molar-refractivity contribution in [3.05, 3.63) is 119 Å². The number of carbonyl (C=O) groups is 2. The minimum absolute atomic E-state index is 0.127. The lowest BCUT2D eigenvalue weighted by atomic mass is 10.1. The van der Waals surface area contributed by atoms with Crippen molar-refractivity contribution in [2.45, 2.75) is 22.6 Å². The number of ether oxygens (including phenoxy) is 1. The number of thioether (sulfide) groups is 2. The largest absolute Gasteiger partial charge is 0.457 e. The normalized spacial score (nSPS) is 10.9. The Morgan fingerprint density at radius 3 is 1.37 bits per heavy atom. The summed E-state index contributed by atoms with van der Waals surface area (Å²) in [7, 11) is 0. The van der Waals surface area contributed by atoms with Gasteiger partial charge in [-0.25, -0.2) is 18.7 Å². The van der Waals surface area contributed by atoms with Gasteiger partial charge in [-0.05, 0) is 97.1 Å². The molecule has 2 aromatic heterocycles. The molecule has 0 atom stereocenters. The molecule has 7 nitrogen and oxygen atoms in total. The Balaban J connectivity index is 0.944. The topological polar surface area (TPSA) is 93.2 Å². The molecule has 0 aliphatic carbocycles. The van der Waals surface area contributed by atoms with Crippen molar-refractivity contribution in [1.29, 1.82) is 0 Å². The summed E-state index contributed by atoms with van der Waals surface area (Å²) in [6.45, 7) is 0. The smallest absolute Gasteiger partial charge is 0.226 e. The number of benzene rings is 4. The molecule has 0 aliphatic heterocycles. The van der Waals surface area contributed by atoms with Gasteiger partial charge in [0, 0.05) is 56.0 Å². The molecule has 6 rings (SSSR count). The van der Waals surface area contributed by atoms with Crippen molar-refractivity contribution in [2.75, 3.05) is 22.1 Å². The van der Waals surface area contributed by atoms with Crippen molar-refractivity contribution in [1.82, 2.24) is 9.97 Å². The van der Waals surface area contributed by atoms with Gasteiger partial charge >= 0.3 is 0 Å². The number of hydrogen-bond acceptors (Lipinski definition) is 9. The summed E-state index contributed by atoms with van der Waals surface area (Å²) in [4.78, 5) is 35.7. The molecule has 2 heterocycles. The van der Waals surface area contributed by atoms with E-state index >= 15 is 0 Å². The first-order valence-corrected chi connectivity index (χ1v) is 18.8. The van der Waals surface area contributed by atoms with Crippen LogP contribution in [0.2, 0.25) is 0 Å². The van der Waals surface area contributed by atoms with Crippen molar-refractivity contribution >= 4 is 68.3 Å². The fourth-order valence-corrected chi connectivity index (χ4v) is 7.57. The van der Waals surface area contributed by atoms with Crippen LogP contribution in [0.15, 0.2) is 118 Å². The number of anilines is 2. The van der Waals surface area contributed by atoms with E-state index < -0.39 is 0 Å². The average Bonchev–Trinajstić information content (AvgIpc) is 3.77. The number of nitrogens with one attached hydrogen (secondary N) is 2. The van der Waals surface area contributed by atoms with Crippen LogP contribution in [0.5, 0.6) is 11.5 Å². The molecule has 0 fully saturated rings. The van der Waals surface area contributed by atoms with Crippen LogP contribution >= 0.6 is 46.2 Å². The molecule has 0 saturated heterocycles. The fourth-order valence-electron chi connectivity index (χ4n) is 4.40. The molecule has 0 aliphatic rings. The summed E-state index contributed by atoms with van der Waals surface area (Å²) in [6.07, 6.45) is 0.628. The maximum absolute atomic E-state index is 13.1. The maximum atomic E-state index is 13.1. The highest BCUT2D eigenvalue weighted by Crippen LogP contribution is 2.31. The number of halogens is 2. The van der Waals surface area contributed by atoms with E-state index in [0.29, 0.717) is 46.1 Å². The van der Waals surface area contributed by atoms with Gasteiger partial charge in [-0.3, -0.25) is 9.59 Å². The van der Waals surface area contributed by atoms with Gasteiger partial charge in [-0.1, -0.05) is 0 Å². The Labute approximate surface area is 298 Å². The molecule has 13 heteroatoms. The second kappa shape index (κ2) is 16.7. The maximum Gasteiger partial charge on any atom is 0.226 e. The average molecular weight is 731 g/mol. The van der Waals surface area contributed by atoms with Gasteiger partial charge in [0.15, 0.2) is 10.3 Å². The zero-order valence-electron chi connectivity index (χ0n) is 25.7. The van der Waals surface area contributed by atoms with Crippen LogP contribution in [0.4, 0.5) is 19.0 Å². The van der Waals surface area contributed by atoms with Crippen molar-refractivity contribution in [3.63, 3.8) is 0 Å². The molecule has 0 bridgehead atoms. The van der Waals surface area contributed by atoms with Gasteiger partial charge in [0.2, 0.25) is 11.8 Å². The van der Waals surface area contributed by atoms with E-state index in [1.807, 2.05) is 59.3 Å². The van der Waals surface area contributed by atoms with E-state index in [0.717, 1.165) is 32.3 Å². The monoisotopic (exact) mass is 730 g/mol. The molecule has 4 aromatic carbocycles. The second-order valence-corrected chi connectivity index (χ2v) is 14.5. The van der Waals surface area contributed by atoms with E-state index in [1.54, 1.807) is 24.3 Å². The Morgan fingerprint density at radius 2 is 0.980 bits per heavy atom. The molecule has 2 amide bonds. The number of aromatic nitrogens is 2. The number of amides is 2. The van der Waals surface area contributed by atoms with E-state index in [1.165, 1.54) is 70.5 Å². The van der Waals surface area contributed by atoms with Crippen LogP contribution in [0.25, 0.3) is 22.5 Å². The van der Waals surface area contributed by atoms with E-state index in [-0.39, 0.29) is 23.4 Å². The van der Waals surface area contributed by atoms with E-state index in [2.05, 4.69) is 20.6 Å². The lowest BCUT2D eigenvalue weighted by Crippen LogP contribution is -2.11. The number of carbonyl (C=O) groups excluding carboxylic acids is 2. The van der Waals surface area contributed by atoms with Crippen LogP contribution in [0.1, 0.15) is 12.8 Å². The lowest BCUT2D eigenvalue weighted by Gasteiger charge is -2.07. The minimum atomic E-state index is -0.282. The zero-order chi connectivity index (χ0) is 34.0. The minimum Gasteiger partial charge on any atom is -0.457 e. The van der Waals surface area contributed by atoms with Crippen molar-refractivity contribution in [3.8, 4) is 34.0 Å². The quantitative estimate of drug-likeness (QED) is 0.108.